The SMILES string of the molecule is CCNCC(C)C(=O)CCCS(C)(=O)=O. The van der Waals surface area contributed by atoms with E-state index in [1.165, 1.54) is 6.26 Å². The second kappa shape index (κ2) is 6.95. The van der Waals surface area contributed by atoms with Gasteiger partial charge >= 0.3 is 0 Å². The van der Waals surface area contributed by atoms with E-state index in [2.05, 4.69) is 5.32 Å². The maximum absolute atomic E-state index is 11.5. The fourth-order valence-corrected chi connectivity index (χ4v) is 1.90. The van der Waals surface area contributed by atoms with Gasteiger partial charge in [-0.2, -0.15) is 0 Å². The third-order valence-electron chi connectivity index (χ3n) is 2.19. The summed E-state index contributed by atoms with van der Waals surface area (Å²) in [6, 6.07) is 0. The molecular weight excluding hydrogens is 214 g/mol. The lowest BCUT2D eigenvalue weighted by Gasteiger charge is -2.10. The van der Waals surface area contributed by atoms with Crippen LogP contribution in [0.1, 0.15) is 26.7 Å². The van der Waals surface area contributed by atoms with Gasteiger partial charge in [0.25, 0.3) is 0 Å². The lowest BCUT2D eigenvalue weighted by atomic mass is 10.0. The van der Waals surface area contributed by atoms with Crippen LogP contribution in [0, 0.1) is 5.92 Å². The van der Waals surface area contributed by atoms with E-state index < -0.39 is 9.84 Å². The second-order valence-corrected chi connectivity index (χ2v) is 6.17. The predicted molar refractivity (Wildman–Crippen MR) is 61.7 cm³/mol. The van der Waals surface area contributed by atoms with Crippen LogP contribution in [-0.2, 0) is 14.6 Å². The Kier molecular flexibility index (Phi) is 6.76. The molecule has 0 aromatic rings. The Morgan fingerprint density at radius 3 is 2.47 bits per heavy atom. The van der Waals surface area contributed by atoms with Crippen molar-refractivity contribution in [2.24, 2.45) is 5.92 Å². The molecule has 1 unspecified atom stereocenters. The molecule has 0 radical (unpaired) electrons. The highest BCUT2D eigenvalue weighted by Crippen LogP contribution is 2.03. The lowest BCUT2D eigenvalue weighted by molar-refractivity contribution is -0.122. The van der Waals surface area contributed by atoms with Crippen LogP contribution in [0.4, 0.5) is 0 Å². The predicted octanol–water partition coefficient (Wildman–Crippen LogP) is 0.626. The summed E-state index contributed by atoms with van der Waals surface area (Å²) in [4.78, 5) is 11.5. The van der Waals surface area contributed by atoms with Crippen LogP contribution in [0.25, 0.3) is 0 Å². The highest BCUT2D eigenvalue weighted by atomic mass is 32.2. The largest absolute Gasteiger partial charge is 0.316 e. The molecule has 0 aliphatic carbocycles. The molecule has 0 aromatic carbocycles. The molecule has 0 fully saturated rings. The molecule has 0 aromatic heterocycles. The molecule has 4 nitrogen and oxygen atoms in total. The van der Waals surface area contributed by atoms with E-state index in [0.717, 1.165) is 6.54 Å². The molecule has 0 heterocycles. The summed E-state index contributed by atoms with van der Waals surface area (Å²) in [5.41, 5.74) is 0. The van der Waals surface area contributed by atoms with Crippen molar-refractivity contribution in [3.63, 3.8) is 0 Å². The minimum atomic E-state index is -2.93. The van der Waals surface area contributed by atoms with Crippen LogP contribution in [0.5, 0.6) is 0 Å². The standard InChI is InChI=1S/C10H21NO3S/c1-4-11-8-9(2)10(12)6-5-7-15(3,13)14/h9,11H,4-8H2,1-3H3. The van der Waals surface area contributed by atoms with E-state index in [1.807, 2.05) is 13.8 Å². The molecule has 1 atom stereocenters. The van der Waals surface area contributed by atoms with Crippen molar-refractivity contribution in [2.75, 3.05) is 25.1 Å². The van der Waals surface area contributed by atoms with Crippen LogP contribution in [0.15, 0.2) is 0 Å². The lowest BCUT2D eigenvalue weighted by Crippen LogP contribution is -2.26. The molecular formula is C10H21NO3S. The molecule has 90 valence electrons. The highest BCUT2D eigenvalue weighted by molar-refractivity contribution is 7.90. The number of sulfone groups is 1. The molecule has 0 saturated heterocycles. The molecule has 1 N–H and O–H groups in total. The van der Waals surface area contributed by atoms with Gasteiger partial charge in [0.05, 0.1) is 5.75 Å². The smallest absolute Gasteiger partial charge is 0.147 e. The van der Waals surface area contributed by atoms with Gasteiger partial charge in [-0.3, -0.25) is 4.79 Å². The first kappa shape index (κ1) is 14.6. The van der Waals surface area contributed by atoms with Gasteiger partial charge in [-0.1, -0.05) is 13.8 Å². The Balaban J connectivity index is 3.74. The quantitative estimate of drug-likeness (QED) is 0.670. The monoisotopic (exact) mass is 235 g/mol. The van der Waals surface area contributed by atoms with Crippen LogP contribution < -0.4 is 5.32 Å². The van der Waals surface area contributed by atoms with Crippen molar-refractivity contribution in [2.45, 2.75) is 26.7 Å². The van der Waals surface area contributed by atoms with Crippen LogP contribution in [0.3, 0.4) is 0 Å². The summed E-state index contributed by atoms with van der Waals surface area (Å²) in [7, 11) is -2.93. The fraction of sp³-hybridized carbons (Fsp3) is 0.900. The zero-order valence-corrected chi connectivity index (χ0v) is 10.6. The molecule has 0 aliphatic rings. The molecule has 15 heavy (non-hydrogen) atoms. The fourth-order valence-electron chi connectivity index (χ4n) is 1.23. The van der Waals surface area contributed by atoms with E-state index >= 15 is 0 Å². The van der Waals surface area contributed by atoms with Crippen molar-refractivity contribution in [1.82, 2.24) is 5.32 Å². The Labute approximate surface area is 92.4 Å². The van der Waals surface area contributed by atoms with Gasteiger partial charge < -0.3 is 5.32 Å². The summed E-state index contributed by atoms with van der Waals surface area (Å²) in [5.74, 6) is 0.219. The normalized spacial score (nSPS) is 13.8. The number of carbonyl (C=O) groups excluding carboxylic acids is 1. The zero-order valence-electron chi connectivity index (χ0n) is 9.75. The van der Waals surface area contributed by atoms with Crippen molar-refractivity contribution >= 4 is 15.6 Å². The number of carbonyl (C=O) groups is 1. The molecule has 0 bridgehead atoms. The summed E-state index contributed by atoms with van der Waals surface area (Å²) in [5, 5.41) is 3.10. The third-order valence-corrected chi connectivity index (χ3v) is 3.22. The average Bonchev–Trinajstić information content (AvgIpc) is 2.11. The van der Waals surface area contributed by atoms with Gasteiger partial charge in [0.1, 0.15) is 15.6 Å². The second-order valence-electron chi connectivity index (χ2n) is 3.91. The van der Waals surface area contributed by atoms with Crippen LogP contribution in [0.2, 0.25) is 0 Å². The van der Waals surface area contributed by atoms with E-state index in [4.69, 9.17) is 0 Å². The van der Waals surface area contributed by atoms with Crippen molar-refractivity contribution in [3.05, 3.63) is 0 Å². The van der Waals surface area contributed by atoms with E-state index in [1.54, 1.807) is 0 Å². The zero-order chi connectivity index (χ0) is 11.9. The number of hydrogen-bond donors (Lipinski definition) is 1. The number of hydrogen-bond acceptors (Lipinski definition) is 4. The number of rotatable bonds is 8. The van der Waals surface area contributed by atoms with Gasteiger partial charge in [0.15, 0.2) is 0 Å². The molecule has 0 aliphatic heterocycles. The van der Waals surface area contributed by atoms with Crippen LogP contribution >= 0.6 is 0 Å². The van der Waals surface area contributed by atoms with E-state index in [-0.39, 0.29) is 17.5 Å². The van der Waals surface area contributed by atoms with Gasteiger partial charge in [-0.05, 0) is 13.0 Å². The van der Waals surface area contributed by atoms with E-state index in [0.29, 0.717) is 19.4 Å². The third kappa shape index (κ3) is 8.57. The van der Waals surface area contributed by atoms with Gasteiger partial charge in [-0.15, -0.1) is 0 Å². The van der Waals surface area contributed by atoms with Gasteiger partial charge in [0.2, 0.25) is 0 Å². The summed E-state index contributed by atoms with van der Waals surface area (Å²) < 4.78 is 21.7. The molecule has 5 heteroatoms. The number of Topliss-reactive ketones (excluding diaryl/α,β-unsaturated/α-hetero) is 1. The summed E-state index contributed by atoms with van der Waals surface area (Å²) >= 11 is 0. The minimum Gasteiger partial charge on any atom is -0.316 e. The maximum Gasteiger partial charge on any atom is 0.147 e. The Morgan fingerprint density at radius 1 is 1.40 bits per heavy atom. The Hall–Kier alpha value is -0.420. The van der Waals surface area contributed by atoms with Crippen molar-refractivity contribution in [3.8, 4) is 0 Å². The topological polar surface area (TPSA) is 63.2 Å². The number of nitrogens with one attached hydrogen (secondary N) is 1. The minimum absolute atomic E-state index is 0.0236. The van der Waals surface area contributed by atoms with Crippen LogP contribution in [-0.4, -0.2) is 39.3 Å². The average molecular weight is 235 g/mol. The molecule has 0 rings (SSSR count). The first-order valence-electron chi connectivity index (χ1n) is 5.28. The highest BCUT2D eigenvalue weighted by Gasteiger charge is 2.12. The summed E-state index contributed by atoms with van der Waals surface area (Å²) in [6.45, 7) is 5.38. The molecule has 0 amide bonds. The van der Waals surface area contributed by atoms with Crippen molar-refractivity contribution in [1.29, 1.82) is 0 Å². The molecule has 0 saturated carbocycles. The van der Waals surface area contributed by atoms with Crippen molar-refractivity contribution < 1.29 is 13.2 Å². The number of ketones is 1. The summed E-state index contributed by atoms with van der Waals surface area (Å²) in [6.07, 6.45) is 1.99. The molecule has 0 spiro atoms. The van der Waals surface area contributed by atoms with E-state index in [9.17, 15) is 13.2 Å². The van der Waals surface area contributed by atoms with Gasteiger partial charge in [-0.25, -0.2) is 8.42 Å². The Bertz CT molecular complexity index is 285. The Morgan fingerprint density at radius 2 is 2.00 bits per heavy atom. The maximum atomic E-state index is 11.5. The first-order chi connectivity index (χ1) is 6.87. The first-order valence-corrected chi connectivity index (χ1v) is 7.34. The van der Waals surface area contributed by atoms with Gasteiger partial charge in [0, 0.05) is 25.1 Å².